The van der Waals surface area contributed by atoms with Crippen LogP contribution >= 0.6 is 0 Å². The third-order valence-corrected chi connectivity index (χ3v) is 3.80. The van der Waals surface area contributed by atoms with Crippen LogP contribution in [0.1, 0.15) is 34.8 Å². The van der Waals surface area contributed by atoms with Crippen LogP contribution in [0.4, 0.5) is 4.39 Å². The van der Waals surface area contributed by atoms with E-state index >= 15 is 0 Å². The van der Waals surface area contributed by atoms with Crippen LogP contribution in [0.2, 0.25) is 0 Å². The minimum atomic E-state index is -0.387. The first-order valence-corrected chi connectivity index (χ1v) is 7.06. The third-order valence-electron chi connectivity index (χ3n) is 3.80. The summed E-state index contributed by atoms with van der Waals surface area (Å²) in [6.07, 6.45) is 2.17. The monoisotopic (exact) mass is 288 g/mol. The molecular formula is C16H17FN2O2. The molecule has 110 valence electrons. The Morgan fingerprint density at radius 3 is 2.86 bits per heavy atom. The van der Waals surface area contributed by atoms with Gasteiger partial charge in [-0.2, -0.15) is 0 Å². The van der Waals surface area contributed by atoms with E-state index in [1.807, 2.05) is 0 Å². The minimum absolute atomic E-state index is 0.102. The van der Waals surface area contributed by atoms with Gasteiger partial charge in [0, 0.05) is 30.6 Å². The van der Waals surface area contributed by atoms with Crippen molar-refractivity contribution < 1.29 is 14.3 Å². The fraction of sp³-hybridized carbons (Fsp3) is 0.375. The van der Waals surface area contributed by atoms with Gasteiger partial charge < -0.3 is 10.0 Å². The van der Waals surface area contributed by atoms with E-state index in [0.29, 0.717) is 22.4 Å². The summed E-state index contributed by atoms with van der Waals surface area (Å²) in [5.74, 6) is -0.194. The Kier molecular flexibility index (Phi) is 3.59. The zero-order valence-electron chi connectivity index (χ0n) is 11.8. The second kappa shape index (κ2) is 5.41. The highest BCUT2D eigenvalue weighted by Crippen LogP contribution is 2.40. The van der Waals surface area contributed by atoms with Crippen LogP contribution in [-0.2, 0) is 0 Å². The van der Waals surface area contributed by atoms with Crippen molar-refractivity contribution in [1.29, 1.82) is 0 Å². The average Bonchev–Trinajstić information content (AvgIpc) is 3.30. The van der Waals surface area contributed by atoms with Gasteiger partial charge in [-0.15, -0.1) is 0 Å². The van der Waals surface area contributed by atoms with E-state index in [4.69, 9.17) is 5.11 Å². The Morgan fingerprint density at radius 2 is 2.19 bits per heavy atom. The first-order chi connectivity index (χ1) is 10.1. The van der Waals surface area contributed by atoms with Crippen LogP contribution < -0.4 is 0 Å². The number of fused-ring (bicyclic) bond motifs is 1. The van der Waals surface area contributed by atoms with Gasteiger partial charge in [-0.1, -0.05) is 0 Å². The van der Waals surface area contributed by atoms with Crippen LogP contribution in [0.3, 0.4) is 0 Å². The SMILES string of the molecule is CN(CCO)C(=O)c1cc(C2CC2)nc2ccc(F)cc12. The predicted molar refractivity (Wildman–Crippen MR) is 77.7 cm³/mol. The lowest BCUT2D eigenvalue weighted by Gasteiger charge is -2.17. The van der Waals surface area contributed by atoms with Crippen molar-refractivity contribution in [1.82, 2.24) is 9.88 Å². The van der Waals surface area contributed by atoms with E-state index in [2.05, 4.69) is 4.98 Å². The smallest absolute Gasteiger partial charge is 0.254 e. The molecule has 0 atom stereocenters. The Hall–Kier alpha value is -2.01. The summed E-state index contributed by atoms with van der Waals surface area (Å²) in [5.41, 5.74) is 1.99. The molecule has 1 fully saturated rings. The molecule has 1 aliphatic carbocycles. The number of hydrogen-bond acceptors (Lipinski definition) is 3. The topological polar surface area (TPSA) is 53.4 Å². The molecule has 3 rings (SSSR count). The molecule has 1 heterocycles. The molecule has 1 saturated carbocycles. The number of hydrogen-bond donors (Lipinski definition) is 1. The first-order valence-electron chi connectivity index (χ1n) is 7.06. The Morgan fingerprint density at radius 1 is 1.43 bits per heavy atom. The van der Waals surface area contributed by atoms with E-state index in [-0.39, 0.29) is 24.9 Å². The molecule has 1 aromatic carbocycles. The number of carbonyl (C=O) groups is 1. The Balaban J connectivity index is 2.13. The van der Waals surface area contributed by atoms with Gasteiger partial charge >= 0.3 is 0 Å². The lowest BCUT2D eigenvalue weighted by molar-refractivity contribution is 0.0768. The second-order valence-corrected chi connectivity index (χ2v) is 5.48. The molecule has 21 heavy (non-hydrogen) atoms. The van der Waals surface area contributed by atoms with Crippen molar-refractivity contribution in [3.05, 3.63) is 41.3 Å². The van der Waals surface area contributed by atoms with E-state index in [1.165, 1.54) is 17.0 Å². The summed E-state index contributed by atoms with van der Waals surface area (Å²) < 4.78 is 13.5. The number of carbonyl (C=O) groups excluding carboxylic acids is 1. The molecule has 5 heteroatoms. The summed E-state index contributed by atoms with van der Waals surface area (Å²) in [6.45, 7) is 0.145. The largest absolute Gasteiger partial charge is 0.395 e. The van der Waals surface area contributed by atoms with E-state index in [0.717, 1.165) is 18.5 Å². The van der Waals surface area contributed by atoms with Crippen molar-refractivity contribution in [2.24, 2.45) is 0 Å². The highest BCUT2D eigenvalue weighted by atomic mass is 19.1. The predicted octanol–water partition coefficient (Wildman–Crippen LogP) is 2.32. The maximum absolute atomic E-state index is 13.5. The van der Waals surface area contributed by atoms with Crippen LogP contribution in [0.25, 0.3) is 10.9 Å². The number of likely N-dealkylation sites (N-methyl/N-ethyl adjacent to an activating group) is 1. The molecule has 0 saturated heterocycles. The standard InChI is InChI=1S/C16H17FN2O2/c1-19(6-7-20)16(21)13-9-15(10-2-3-10)18-14-5-4-11(17)8-12(13)14/h4-5,8-10,20H,2-3,6-7H2,1H3. The van der Waals surface area contributed by atoms with Gasteiger partial charge in [0.25, 0.3) is 5.91 Å². The number of amides is 1. The number of benzene rings is 1. The van der Waals surface area contributed by atoms with Gasteiger partial charge in [-0.25, -0.2) is 4.39 Å². The molecular weight excluding hydrogens is 271 g/mol. The lowest BCUT2D eigenvalue weighted by Crippen LogP contribution is -2.29. The van der Waals surface area contributed by atoms with Crippen LogP contribution in [0.5, 0.6) is 0 Å². The minimum Gasteiger partial charge on any atom is -0.395 e. The molecule has 1 aromatic heterocycles. The van der Waals surface area contributed by atoms with E-state index < -0.39 is 0 Å². The van der Waals surface area contributed by atoms with Crippen molar-refractivity contribution in [2.75, 3.05) is 20.2 Å². The van der Waals surface area contributed by atoms with Gasteiger partial charge in [0.1, 0.15) is 5.82 Å². The second-order valence-electron chi connectivity index (χ2n) is 5.48. The Bertz CT molecular complexity index is 698. The van der Waals surface area contributed by atoms with Crippen LogP contribution in [0, 0.1) is 5.82 Å². The molecule has 0 aliphatic heterocycles. The number of halogens is 1. The van der Waals surface area contributed by atoms with Crippen molar-refractivity contribution in [3.63, 3.8) is 0 Å². The maximum Gasteiger partial charge on any atom is 0.254 e. The molecule has 0 radical (unpaired) electrons. The number of nitrogens with zero attached hydrogens (tertiary/aromatic N) is 2. The molecule has 2 aromatic rings. The number of aliphatic hydroxyl groups excluding tert-OH is 1. The highest BCUT2D eigenvalue weighted by Gasteiger charge is 2.27. The molecule has 1 aliphatic rings. The third kappa shape index (κ3) is 2.74. The first kappa shape index (κ1) is 13.9. The van der Waals surface area contributed by atoms with Crippen LogP contribution in [-0.4, -0.2) is 41.1 Å². The molecule has 0 unspecified atom stereocenters. The Labute approximate surface area is 122 Å². The van der Waals surface area contributed by atoms with Crippen LogP contribution in [0.15, 0.2) is 24.3 Å². The number of aromatic nitrogens is 1. The summed E-state index contributed by atoms with van der Waals surface area (Å²) in [6, 6.07) is 6.09. The zero-order valence-corrected chi connectivity index (χ0v) is 11.8. The van der Waals surface area contributed by atoms with Crippen molar-refractivity contribution >= 4 is 16.8 Å². The zero-order chi connectivity index (χ0) is 15.0. The molecule has 1 N–H and O–H groups in total. The normalized spacial score (nSPS) is 14.4. The summed E-state index contributed by atoms with van der Waals surface area (Å²) in [5, 5.41) is 9.50. The van der Waals surface area contributed by atoms with Crippen molar-refractivity contribution in [3.8, 4) is 0 Å². The van der Waals surface area contributed by atoms with Gasteiger partial charge in [0.05, 0.1) is 17.7 Å². The summed E-state index contributed by atoms with van der Waals surface area (Å²) in [7, 11) is 1.63. The van der Waals surface area contributed by atoms with E-state index in [9.17, 15) is 9.18 Å². The summed E-state index contributed by atoms with van der Waals surface area (Å²) >= 11 is 0. The van der Waals surface area contributed by atoms with Gasteiger partial charge in [-0.3, -0.25) is 9.78 Å². The highest BCUT2D eigenvalue weighted by molar-refractivity contribution is 6.06. The summed E-state index contributed by atoms with van der Waals surface area (Å²) in [4.78, 5) is 18.5. The average molecular weight is 288 g/mol. The fourth-order valence-corrected chi connectivity index (χ4v) is 2.44. The molecule has 0 bridgehead atoms. The van der Waals surface area contributed by atoms with Crippen molar-refractivity contribution in [2.45, 2.75) is 18.8 Å². The number of aliphatic hydroxyl groups is 1. The maximum atomic E-state index is 13.5. The fourth-order valence-electron chi connectivity index (χ4n) is 2.44. The lowest BCUT2D eigenvalue weighted by atomic mass is 10.0. The van der Waals surface area contributed by atoms with E-state index in [1.54, 1.807) is 19.2 Å². The molecule has 4 nitrogen and oxygen atoms in total. The van der Waals surface area contributed by atoms with Gasteiger partial charge in [0.15, 0.2) is 0 Å². The van der Waals surface area contributed by atoms with Gasteiger partial charge in [0.2, 0.25) is 0 Å². The number of rotatable bonds is 4. The quantitative estimate of drug-likeness (QED) is 0.939. The number of pyridine rings is 1. The van der Waals surface area contributed by atoms with Gasteiger partial charge in [-0.05, 0) is 37.1 Å². The molecule has 0 spiro atoms. The molecule has 1 amide bonds.